The molecule has 0 aliphatic carbocycles. The summed E-state index contributed by atoms with van der Waals surface area (Å²) in [5.41, 5.74) is -0.143. The van der Waals surface area contributed by atoms with Crippen molar-refractivity contribution in [3.8, 4) is 0 Å². The van der Waals surface area contributed by atoms with Crippen LogP contribution in [0.25, 0.3) is 0 Å². The van der Waals surface area contributed by atoms with Crippen LogP contribution in [0.1, 0.15) is 34.1 Å². The maximum Gasteiger partial charge on any atom is 0.101 e. The topological polar surface area (TPSA) is 19.9 Å². The predicted octanol–water partition coefficient (Wildman–Crippen LogP) is 3.04. The molecule has 0 saturated carbocycles. The average Bonchev–Trinajstić information content (AvgIpc) is 1.86. The van der Waals surface area contributed by atoms with Crippen LogP contribution in [0.3, 0.4) is 0 Å². The first kappa shape index (κ1) is 10.7. The van der Waals surface area contributed by atoms with Crippen molar-refractivity contribution < 1.29 is 5.11 Å². The standard InChI is InChI=1S/C10H19O/c1-6-7-10(4,5)9(11)8(2)3/h6,8-9H,1,7H2,2-5H3. The maximum atomic E-state index is 11.6. The Morgan fingerprint density at radius 3 is 2.18 bits per heavy atom. The zero-order valence-corrected chi connectivity index (χ0v) is 8.05. The van der Waals surface area contributed by atoms with E-state index < -0.39 is 6.10 Å². The van der Waals surface area contributed by atoms with E-state index in [0.717, 1.165) is 6.42 Å². The van der Waals surface area contributed by atoms with Gasteiger partial charge in [-0.1, -0.05) is 33.8 Å². The van der Waals surface area contributed by atoms with Crippen LogP contribution in [0.15, 0.2) is 12.7 Å². The Balaban J connectivity index is 4.15. The summed E-state index contributed by atoms with van der Waals surface area (Å²) in [6.45, 7) is 11.6. The molecule has 1 nitrogen and oxygen atoms in total. The lowest BCUT2D eigenvalue weighted by atomic mass is 9.78. The molecule has 0 aliphatic rings. The molecule has 0 aromatic rings. The highest BCUT2D eigenvalue weighted by atomic mass is 16.3. The Morgan fingerprint density at radius 1 is 1.45 bits per heavy atom. The van der Waals surface area contributed by atoms with E-state index >= 15 is 0 Å². The zero-order valence-electron chi connectivity index (χ0n) is 8.05. The first-order valence-corrected chi connectivity index (χ1v) is 4.18. The van der Waals surface area contributed by atoms with E-state index in [9.17, 15) is 5.11 Å². The molecule has 0 aromatic carbocycles. The Labute approximate surface area is 70.1 Å². The minimum atomic E-state index is -0.486. The van der Waals surface area contributed by atoms with E-state index in [1.807, 2.05) is 33.8 Å². The van der Waals surface area contributed by atoms with Gasteiger partial charge in [-0.15, -0.1) is 6.58 Å². The number of allylic oxidation sites excluding steroid dienone is 1. The highest BCUT2D eigenvalue weighted by Crippen LogP contribution is 2.30. The summed E-state index contributed by atoms with van der Waals surface area (Å²) in [5, 5.41) is 11.6. The van der Waals surface area contributed by atoms with Crippen molar-refractivity contribution in [2.75, 3.05) is 0 Å². The number of hydrogen-bond donors (Lipinski definition) is 0. The summed E-state index contributed by atoms with van der Waals surface area (Å²) >= 11 is 0. The van der Waals surface area contributed by atoms with E-state index in [1.165, 1.54) is 0 Å². The maximum absolute atomic E-state index is 11.6. The van der Waals surface area contributed by atoms with Gasteiger partial charge >= 0.3 is 0 Å². The van der Waals surface area contributed by atoms with E-state index in [0.29, 0.717) is 0 Å². The molecular weight excluding hydrogens is 136 g/mol. The molecule has 0 N–H and O–H groups in total. The van der Waals surface area contributed by atoms with Gasteiger partial charge in [0.05, 0.1) is 0 Å². The summed E-state index contributed by atoms with van der Waals surface area (Å²) < 4.78 is 0. The fraction of sp³-hybridized carbons (Fsp3) is 0.800. The predicted molar refractivity (Wildman–Crippen MR) is 47.9 cm³/mol. The highest BCUT2D eigenvalue weighted by Gasteiger charge is 2.30. The smallest absolute Gasteiger partial charge is 0.101 e. The van der Waals surface area contributed by atoms with Gasteiger partial charge in [0.15, 0.2) is 0 Å². The van der Waals surface area contributed by atoms with Crippen molar-refractivity contribution in [2.24, 2.45) is 11.3 Å². The molecule has 1 atom stereocenters. The number of hydrogen-bond acceptors (Lipinski definition) is 0. The molecular formula is C10H19O. The summed E-state index contributed by atoms with van der Waals surface area (Å²) in [5.74, 6) is 0.213. The van der Waals surface area contributed by atoms with Gasteiger partial charge in [0.25, 0.3) is 0 Å². The lowest BCUT2D eigenvalue weighted by molar-refractivity contribution is -0.0400. The fourth-order valence-corrected chi connectivity index (χ4v) is 1.39. The molecule has 0 aliphatic heterocycles. The van der Waals surface area contributed by atoms with Gasteiger partial charge in [-0.25, -0.2) is 5.11 Å². The van der Waals surface area contributed by atoms with E-state index in [2.05, 4.69) is 6.58 Å². The monoisotopic (exact) mass is 155 g/mol. The third-order valence-corrected chi connectivity index (χ3v) is 2.05. The van der Waals surface area contributed by atoms with Crippen LogP contribution in [0.5, 0.6) is 0 Å². The first-order chi connectivity index (χ1) is 4.91. The van der Waals surface area contributed by atoms with Crippen LogP contribution in [0, 0.1) is 11.3 Å². The van der Waals surface area contributed by atoms with Gasteiger partial charge in [-0.3, -0.25) is 0 Å². The van der Waals surface area contributed by atoms with Gasteiger partial charge in [0.2, 0.25) is 0 Å². The summed E-state index contributed by atoms with van der Waals surface area (Å²) in [6, 6.07) is 0. The summed E-state index contributed by atoms with van der Waals surface area (Å²) in [4.78, 5) is 0. The van der Waals surface area contributed by atoms with Gasteiger partial charge in [-0.05, 0) is 17.8 Å². The Morgan fingerprint density at radius 2 is 1.91 bits per heavy atom. The van der Waals surface area contributed by atoms with Gasteiger partial charge in [0, 0.05) is 0 Å². The van der Waals surface area contributed by atoms with E-state index in [1.54, 1.807) is 0 Å². The van der Waals surface area contributed by atoms with Crippen molar-refractivity contribution in [2.45, 2.75) is 40.2 Å². The molecule has 1 unspecified atom stereocenters. The molecule has 65 valence electrons. The third kappa shape index (κ3) is 3.06. The summed E-state index contributed by atoms with van der Waals surface area (Å²) in [6.07, 6.45) is 2.15. The summed E-state index contributed by atoms with van der Waals surface area (Å²) in [7, 11) is 0. The molecule has 1 heteroatoms. The Hall–Kier alpha value is -0.300. The second-order valence-electron chi connectivity index (χ2n) is 4.15. The lowest BCUT2D eigenvalue weighted by Crippen LogP contribution is -2.32. The molecule has 11 heavy (non-hydrogen) atoms. The molecule has 0 spiro atoms. The molecule has 0 bridgehead atoms. The quantitative estimate of drug-likeness (QED) is 0.556. The van der Waals surface area contributed by atoms with Crippen molar-refractivity contribution in [1.29, 1.82) is 0 Å². The van der Waals surface area contributed by atoms with Crippen LogP contribution in [0.2, 0.25) is 0 Å². The average molecular weight is 155 g/mol. The normalized spacial score (nSPS) is 15.1. The molecule has 0 amide bonds. The number of rotatable bonds is 4. The third-order valence-electron chi connectivity index (χ3n) is 2.05. The minimum absolute atomic E-state index is 0.143. The molecule has 0 fully saturated rings. The second-order valence-corrected chi connectivity index (χ2v) is 4.15. The van der Waals surface area contributed by atoms with Crippen molar-refractivity contribution in [1.82, 2.24) is 0 Å². The molecule has 0 saturated heterocycles. The van der Waals surface area contributed by atoms with Crippen molar-refractivity contribution in [3.05, 3.63) is 12.7 Å². The minimum Gasteiger partial charge on any atom is -0.232 e. The SMILES string of the molecule is C=CCC(C)(C)C([O])C(C)C. The van der Waals surface area contributed by atoms with Crippen molar-refractivity contribution >= 4 is 0 Å². The van der Waals surface area contributed by atoms with Crippen LogP contribution >= 0.6 is 0 Å². The Bertz CT molecular complexity index is 125. The molecule has 0 heterocycles. The van der Waals surface area contributed by atoms with Crippen LogP contribution in [-0.4, -0.2) is 6.10 Å². The highest BCUT2D eigenvalue weighted by molar-refractivity contribution is 4.86. The van der Waals surface area contributed by atoms with Crippen molar-refractivity contribution in [3.63, 3.8) is 0 Å². The zero-order chi connectivity index (χ0) is 9.07. The molecule has 0 aromatic heterocycles. The van der Waals surface area contributed by atoms with Crippen LogP contribution in [-0.2, 0) is 5.11 Å². The van der Waals surface area contributed by atoms with Crippen LogP contribution < -0.4 is 0 Å². The van der Waals surface area contributed by atoms with Gasteiger partial charge in [0.1, 0.15) is 6.10 Å². The molecule has 1 radical (unpaired) electrons. The Kier molecular flexibility index (Phi) is 3.81. The fourth-order valence-electron chi connectivity index (χ4n) is 1.39. The van der Waals surface area contributed by atoms with Crippen LogP contribution in [0.4, 0.5) is 0 Å². The van der Waals surface area contributed by atoms with Gasteiger partial charge < -0.3 is 0 Å². The molecule has 0 rings (SSSR count). The first-order valence-electron chi connectivity index (χ1n) is 4.18. The van der Waals surface area contributed by atoms with E-state index in [4.69, 9.17) is 0 Å². The largest absolute Gasteiger partial charge is 0.232 e. The van der Waals surface area contributed by atoms with Gasteiger partial charge in [-0.2, -0.15) is 0 Å². The second kappa shape index (κ2) is 3.91. The van der Waals surface area contributed by atoms with E-state index in [-0.39, 0.29) is 11.3 Å². The lowest BCUT2D eigenvalue weighted by Gasteiger charge is -2.30.